The van der Waals surface area contributed by atoms with Crippen molar-refractivity contribution in [2.24, 2.45) is 5.73 Å². The van der Waals surface area contributed by atoms with Gasteiger partial charge < -0.3 is 11.1 Å². The van der Waals surface area contributed by atoms with E-state index in [4.69, 9.17) is 5.73 Å². The molecule has 2 rings (SSSR count). The van der Waals surface area contributed by atoms with Crippen molar-refractivity contribution in [3.8, 4) is 0 Å². The molecular weight excluding hydrogens is 286 g/mol. The van der Waals surface area contributed by atoms with Crippen molar-refractivity contribution in [2.45, 2.75) is 12.5 Å². The van der Waals surface area contributed by atoms with E-state index in [1.54, 1.807) is 17.8 Å². The summed E-state index contributed by atoms with van der Waals surface area (Å²) in [6, 6.07) is 8.64. The van der Waals surface area contributed by atoms with E-state index in [1.807, 2.05) is 30.5 Å². The summed E-state index contributed by atoms with van der Waals surface area (Å²) >= 11 is 1.60. The number of nitrogens with two attached hydrogens (primary N) is 1. The first-order valence-corrected chi connectivity index (χ1v) is 7.95. The molecule has 1 aromatic heterocycles. The number of hydrogen-bond donors (Lipinski definition) is 2. The van der Waals surface area contributed by atoms with E-state index < -0.39 is 11.9 Å². The molecule has 1 atom stereocenters. The van der Waals surface area contributed by atoms with E-state index in [1.165, 1.54) is 6.20 Å². The fraction of sp³-hybridized carbons (Fsp3) is 0.267. The van der Waals surface area contributed by atoms with Crippen molar-refractivity contribution in [1.82, 2.24) is 10.3 Å². The van der Waals surface area contributed by atoms with Crippen LogP contribution >= 0.6 is 11.8 Å². The predicted octanol–water partition coefficient (Wildman–Crippen LogP) is 1.57. The zero-order valence-electron chi connectivity index (χ0n) is 11.7. The van der Waals surface area contributed by atoms with E-state index >= 15 is 0 Å². The number of nitrogens with one attached hydrogen (secondary N) is 1. The van der Waals surface area contributed by atoms with Crippen LogP contribution in [0.1, 0.15) is 16.8 Å². The molecule has 0 aliphatic carbocycles. The summed E-state index contributed by atoms with van der Waals surface area (Å²) in [4.78, 5) is 27.8. The summed E-state index contributed by atoms with van der Waals surface area (Å²) < 4.78 is 0. The lowest BCUT2D eigenvalue weighted by Gasteiger charge is -2.15. The van der Waals surface area contributed by atoms with E-state index in [9.17, 15) is 9.59 Å². The van der Waals surface area contributed by atoms with Gasteiger partial charge in [0.1, 0.15) is 6.04 Å². The third-order valence-corrected chi connectivity index (χ3v) is 3.76. The zero-order valence-corrected chi connectivity index (χ0v) is 12.5. The molecule has 1 heterocycles. The minimum absolute atomic E-state index is 0.335. The van der Waals surface area contributed by atoms with Gasteiger partial charge >= 0.3 is 0 Å². The molecule has 0 fully saturated rings. The average Bonchev–Trinajstić information content (AvgIpc) is 2.50. The molecule has 2 amide bonds. The van der Waals surface area contributed by atoms with Gasteiger partial charge in [0.15, 0.2) is 0 Å². The van der Waals surface area contributed by atoms with Gasteiger partial charge in [-0.2, -0.15) is 11.8 Å². The molecule has 0 saturated carbocycles. The minimum Gasteiger partial charge on any atom is -0.368 e. The van der Waals surface area contributed by atoms with E-state index in [-0.39, 0.29) is 5.91 Å². The molecule has 0 spiro atoms. The number of amides is 2. The molecule has 0 bridgehead atoms. The van der Waals surface area contributed by atoms with Crippen molar-refractivity contribution < 1.29 is 9.59 Å². The largest absolute Gasteiger partial charge is 0.368 e. The Balaban J connectivity index is 2.15. The summed E-state index contributed by atoms with van der Waals surface area (Å²) in [5.74, 6) is -0.103. The number of carbonyl (C=O) groups is 2. The number of benzene rings is 1. The van der Waals surface area contributed by atoms with Crippen LogP contribution < -0.4 is 11.1 Å². The number of carbonyl (C=O) groups excluding carboxylic acids is 2. The Labute approximate surface area is 127 Å². The van der Waals surface area contributed by atoms with E-state index in [0.29, 0.717) is 12.0 Å². The molecule has 6 heteroatoms. The SMILES string of the molecule is CSCCC(NC(=O)c1cnc2ccccc2c1)C(N)=O. The molecule has 21 heavy (non-hydrogen) atoms. The highest BCUT2D eigenvalue weighted by Crippen LogP contribution is 2.13. The number of fused-ring (bicyclic) bond motifs is 1. The molecule has 1 aromatic carbocycles. The van der Waals surface area contributed by atoms with Crippen LogP contribution in [0.3, 0.4) is 0 Å². The fourth-order valence-electron chi connectivity index (χ4n) is 1.96. The standard InChI is InChI=1S/C15H17N3O2S/c1-21-7-6-13(14(16)19)18-15(20)11-8-10-4-2-3-5-12(10)17-9-11/h2-5,8-9,13H,6-7H2,1H3,(H2,16,19)(H,18,20). The van der Waals surface area contributed by atoms with Crippen molar-refractivity contribution in [3.63, 3.8) is 0 Å². The van der Waals surface area contributed by atoms with E-state index in [0.717, 1.165) is 16.7 Å². The van der Waals surface area contributed by atoms with Gasteiger partial charge in [0, 0.05) is 11.6 Å². The molecule has 3 N–H and O–H groups in total. The molecule has 5 nitrogen and oxygen atoms in total. The minimum atomic E-state index is -0.656. The molecule has 0 aliphatic rings. The van der Waals surface area contributed by atoms with Crippen LogP contribution in [0.4, 0.5) is 0 Å². The van der Waals surface area contributed by atoms with Gasteiger partial charge in [-0.1, -0.05) is 18.2 Å². The summed E-state index contributed by atoms with van der Waals surface area (Å²) in [5, 5.41) is 3.54. The Morgan fingerprint density at radius 3 is 2.86 bits per heavy atom. The van der Waals surface area contributed by atoms with Crippen molar-refractivity contribution in [2.75, 3.05) is 12.0 Å². The van der Waals surface area contributed by atoms with E-state index in [2.05, 4.69) is 10.3 Å². The summed E-state index contributed by atoms with van der Waals surface area (Å²) in [6.07, 6.45) is 3.96. The van der Waals surface area contributed by atoms with Gasteiger partial charge in [-0.3, -0.25) is 14.6 Å². The molecule has 110 valence electrons. The average molecular weight is 303 g/mol. The molecule has 0 aliphatic heterocycles. The third kappa shape index (κ3) is 3.95. The first-order valence-electron chi connectivity index (χ1n) is 6.55. The molecule has 0 radical (unpaired) electrons. The normalized spacial score (nSPS) is 12.0. The van der Waals surface area contributed by atoms with Gasteiger partial charge in [-0.15, -0.1) is 0 Å². The third-order valence-electron chi connectivity index (χ3n) is 3.11. The second-order valence-electron chi connectivity index (χ2n) is 4.63. The number of pyridine rings is 1. The van der Waals surface area contributed by atoms with Crippen molar-refractivity contribution >= 4 is 34.5 Å². The maximum atomic E-state index is 12.2. The lowest BCUT2D eigenvalue weighted by atomic mass is 10.1. The Kier molecular flexibility index (Phi) is 5.16. The molecule has 1 unspecified atom stereocenters. The number of nitrogens with zero attached hydrogens (tertiary/aromatic N) is 1. The quantitative estimate of drug-likeness (QED) is 0.848. The number of primary amides is 1. The van der Waals surface area contributed by atoms with Crippen LogP contribution in [-0.2, 0) is 4.79 Å². The van der Waals surface area contributed by atoms with Crippen LogP contribution in [0, 0.1) is 0 Å². The Hall–Kier alpha value is -2.08. The van der Waals surface area contributed by atoms with Crippen LogP contribution in [0.25, 0.3) is 10.9 Å². The number of hydrogen-bond acceptors (Lipinski definition) is 4. The van der Waals surface area contributed by atoms with Crippen LogP contribution in [0.2, 0.25) is 0 Å². The van der Waals surface area contributed by atoms with Gasteiger partial charge in [0.05, 0.1) is 11.1 Å². The first-order chi connectivity index (χ1) is 10.1. The monoisotopic (exact) mass is 303 g/mol. The second kappa shape index (κ2) is 7.08. The predicted molar refractivity (Wildman–Crippen MR) is 85.2 cm³/mol. The lowest BCUT2D eigenvalue weighted by molar-refractivity contribution is -0.119. The molecule has 0 saturated heterocycles. The van der Waals surface area contributed by atoms with Gasteiger partial charge in [0.25, 0.3) is 5.91 Å². The van der Waals surface area contributed by atoms with Crippen LogP contribution in [-0.4, -0.2) is 34.8 Å². The Morgan fingerprint density at radius 2 is 2.14 bits per heavy atom. The van der Waals surface area contributed by atoms with Gasteiger partial charge in [-0.05, 0) is 30.6 Å². The smallest absolute Gasteiger partial charge is 0.253 e. The number of rotatable bonds is 6. The Bertz CT molecular complexity index is 660. The zero-order chi connectivity index (χ0) is 15.2. The van der Waals surface area contributed by atoms with Crippen LogP contribution in [0.5, 0.6) is 0 Å². The van der Waals surface area contributed by atoms with Crippen molar-refractivity contribution in [1.29, 1.82) is 0 Å². The number of aromatic nitrogens is 1. The second-order valence-corrected chi connectivity index (χ2v) is 5.61. The highest BCUT2D eigenvalue weighted by molar-refractivity contribution is 7.98. The number of para-hydroxylation sites is 1. The number of thioether (sulfide) groups is 1. The topological polar surface area (TPSA) is 85.1 Å². The highest BCUT2D eigenvalue weighted by Gasteiger charge is 2.18. The summed E-state index contributed by atoms with van der Waals surface area (Å²) in [6.45, 7) is 0. The highest BCUT2D eigenvalue weighted by atomic mass is 32.2. The lowest BCUT2D eigenvalue weighted by Crippen LogP contribution is -2.44. The summed E-state index contributed by atoms with van der Waals surface area (Å²) in [7, 11) is 0. The maximum absolute atomic E-state index is 12.2. The summed E-state index contributed by atoms with van der Waals surface area (Å²) in [5.41, 5.74) is 6.56. The molecular formula is C15H17N3O2S. The molecule has 2 aromatic rings. The Morgan fingerprint density at radius 1 is 1.38 bits per heavy atom. The fourth-order valence-corrected chi connectivity index (χ4v) is 2.43. The maximum Gasteiger partial charge on any atom is 0.253 e. The van der Waals surface area contributed by atoms with Crippen molar-refractivity contribution in [3.05, 3.63) is 42.1 Å². The van der Waals surface area contributed by atoms with Gasteiger partial charge in [-0.25, -0.2) is 0 Å². The van der Waals surface area contributed by atoms with Gasteiger partial charge in [0.2, 0.25) is 5.91 Å². The first kappa shape index (κ1) is 15.3. The van der Waals surface area contributed by atoms with Crippen LogP contribution in [0.15, 0.2) is 36.5 Å².